The Bertz CT molecular complexity index is 1170. The number of carbonyl (C=O) groups excluding carboxylic acids is 1. The van der Waals surface area contributed by atoms with Crippen LogP contribution >= 0.6 is 12.2 Å². The quantitative estimate of drug-likeness (QED) is 0.696. The zero-order chi connectivity index (χ0) is 23.0. The van der Waals surface area contributed by atoms with Crippen LogP contribution in [0.5, 0.6) is 23.1 Å². The SMILES string of the molecule is COc1cc([C@H]2CC(c3c(O)n(C)c(=S)n(C)c3=O)=NN2C(C)=O)cc(OC)c1OC. The van der Waals surface area contributed by atoms with Gasteiger partial charge in [0.05, 0.1) is 33.1 Å². The molecule has 0 unspecified atom stereocenters. The summed E-state index contributed by atoms with van der Waals surface area (Å²) >= 11 is 5.17. The molecule has 0 spiro atoms. The van der Waals surface area contributed by atoms with Gasteiger partial charge in [0, 0.05) is 27.4 Å². The second kappa shape index (κ2) is 8.42. The number of aromatic nitrogens is 2. The molecule has 31 heavy (non-hydrogen) atoms. The molecule has 0 fully saturated rings. The van der Waals surface area contributed by atoms with Gasteiger partial charge in [0.2, 0.25) is 17.5 Å². The lowest BCUT2D eigenvalue weighted by Gasteiger charge is -2.22. The van der Waals surface area contributed by atoms with Crippen LogP contribution in [0.15, 0.2) is 22.0 Å². The molecule has 1 aromatic heterocycles. The topological polar surface area (TPSA) is 108 Å². The predicted octanol–water partition coefficient (Wildman–Crippen LogP) is 1.88. The number of hydrazone groups is 1. The van der Waals surface area contributed by atoms with Crippen LogP contribution in [-0.2, 0) is 18.9 Å². The first-order chi connectivity index (χ1) is 14.7. The Morgan fingerprint density at radius 2 is 1.71 bits per heavy atom. The van der Waals surface area contributed by atoms with Crippen LogP contribution in [0.1, 0.15) is 30.5 Å². The number of ether oxygens (including phenoxy) is 3. The highest BCUT2D eigenvalue weighted by Gasteiger charge is 2.35. The van der Waals surface area contributed by atoms with Crippen LogP contribution in [0, 0.1) is 4.77 Å². The van der Waals surface area contributed by atoms with E-state index in [0.717, 1.165) is 0 Å². The van der Waals surface area contributed by atoms with E-state index in [-0.39, 0.29) is 34.3 Å². The lowest BCUT2D eigenvalue weighted by Crippen LogP contribution is -2.28. The summed E-state index contributed by atoms with van der Waals surface area (Å²) in [5.74, 6) is 0.640. The van der Waals surface area contributed by atoms with Gasteiger partial charge < -0.3 is 19.3 Å². The van der Waals surface area contributed by atoms with Crippen LogP contribution in [-0.4, -0.2) is 52.2 Å². The molecule has 1 aromatic carbocycles. The molecule has 1 N–H and O–H groups in total. The van der Waals surface area contributed by atoms with E-state index in [1.54, 1.807) is 19.2 Å². The lowest BCUT2D eigenvalue weighted by molar-refractivity contribution is -0.130. The Kier molecular flexibility index (Phi) is 6.07. The van der Waals surface area contributed by atoms with E-state index in [4.69, 9.17) is 26.4 Å². The van der Waals surface area contributed by atoms with Crippen LogP contribution in [0.2, 0.25) is 0 Å². The number of benzene rings is 1. The molecular weight excluding hydrogens is 424 g/mol. The van der Waals surface area contributed by atoms with Crippen LogP contribution < -0.4 is 19.8 Å². The van der Waals surface area contributed by atoms with Gasteiger partial charge in [-0.15, -0.1) is 0 Å². The van der Waals surface area contributed by atoms with Crippen molar-refractivity contribution >= 4 is 23.8 Å². The number of hydrogen-bond acceptors (Lipinski definition) is 8. The van der Waals surface area contributed by atoms with Gasteiger partial charge in [-0.25, -0.2) is 5.01 Å². The van der Waals surface area contributed by atoms with E-state index in [0.29, 0.717) is 22.8 Å². The number of rotatable bonds is 5. The Morgan fingerprint density at radius 1 is 1.13 bits per heavy atom. The third-order valence-corrected chi connectivity index (χ3v) is 5.77. The number of methoxy groups -OCH3 is 3. The van der Waals surface area contributed by atoms with Crippen molar-refractivity contribution in [2.45, 2.75) is 19.4 Å². The minimum absolute atomic E-state index is 0.000193. The normalized spacial score (nSPS) is 15.6. The van der Waals surface area contributed by atoms with E-state index in [9.17, 15) is 14.7 Å². The highest BCUT2D eigenvalue weighted by atomic mass is 32.1. The van der Waals surface area contributed by atoms with Crippen molar-refractivity contribution < 1.29 is 24.1 Å². The van der Waals surface area contributed by atoms with Crippen molar-refractivity contribution in [2.24, 2.45) is 19.2 Å². The Morgan fingerprint density at radius 3 is 2.19 bits per heavy atom. The first-order valence-corrected chi connectivity index (χ1v) is 9.73. The first kappa shape index (κ1) is 22.3. The Balaban J connectivity index is 2.16. The molecule has 2 heterocycles. The van der Waals surface area contributed by atoms with Crippen molar-refractivity contribution in [3.63, 3.8) is 0 Å². The summed E-state index contributed by atoms with van der Waals surface area (Å²) in [6.07, 6.45) is 0.192. The third kappa shape index (κ3) is 3.65. The summed E-state index contributed by atoms with van der Waals surface area (Å²) < 4.78 is 18.9. The largest absolute Gasteiger partial charge is 0.494 e. The molecule has 1 amide bonds. The molecule has 1 aliphatic heterocycles. The smallest absolute Gasteiger partial charge is 0.267 e. The zero-order valence-electron chi connectivity index (χ0n) is 18.1. The molecule has 10 nitrogen and oxygen atoms in total. The molecule has 166 valence electrons. The van der Waals surface area contributed by atoms with Gasteiger partial charge >= 0.3 is 0 Å². The van der Waals surface area contributed by atoms with Crippen LogP contribution in [0.3, 0.4) is 0 Å². The Labute approximate surface area is 183 Å². The number of hydrogen-bond donors (Lipinski definition) is 1. The van der Waals surface area contributed by atoms with Crippen molar-refractivity contribution in [2.75, 3.05) is 21.3 Å². The fraction of sp³-hybridized carbons (Fsp3) is 0.400. The predicted molar refractivity (Wildman–Crippen MR) is 116 cm³/mol. The minimum Gasteiger partial charge on any atom is -0.494 e. The van der Waals surface area contributed by atoms with E-state index in [1.807, 2.05) is 0 Å². The standard InChI is InChI=1S/C20H24N4O6S/c1-10(25)24-13(11-7-14(28-4)17(30-6)15(8-11)29-5)9-12(21-24)16-18(26)22(2)20(31)23(3)19(16)27/h7-8,13,26H,9H2,1-6H3/t13-/m1/s1. The molecule has 2 aromatic rings. The molecule has 1 atom stereocenters. The van der Waals surface area contributed by atoms with E-state index in [1.165, 1.54) is 49.4 Å². The third-order valence-electron chi connectivity index (χ3n) is 5.23. The summed E-state index contributed by atoms with van der Waals surface area (Å²) in [5.41, 5.74) is 0.454. The average molecular weight is 449 g/mol. The summed E-state index contributed by atoms with van der Waals surface area (Å²) in [6.45, 7) is 1.38. The van der Waals surface area contributed by atoms with Crippen molar-refractivity contribution in [3.05, 3.63) is 38.4 Å². The fourth-order valence-corrected chi connectivity index (χ4v) is 3.76. The minimum atomic E-state index is -0.543. The second-order valence-electron chi connectivity index (χ2n) is 6.99. The zero-order valence-corrected chi connectivity index (χ0v) is 18.9. The monoisotopic (exact) mass is 448 g/mol. The van der Waals surface area contributed by atoms with Gasteiger partial charge in [-0.05, 0) is 29.9 Å². The number of amides is 1. The maximum absolute atomic E-state index is 12.8. The van der Waals surface area contributed by atoms with Crippen LogP contribution in [0.4, 0.5) is 0 Å². The molecule has 0 bridgehead atoms. The molecule has 0 aliphatic carbocycles. The maximum Gasteiger partial charge on any atom is 0.267 e. The average Bonchev–Trinajstić information content (AvgIpc) is 3.20. The van der Waals surface area contributed by atoms with Gasteiger partial charge in [0.25, 0.3) is 5.56 Å². The lowest BCUT2D eigenvalue weighted by atomic mass is 9.98. The summed E-state index contributed by atoms with van der Waals surface area (Å²) in [4.78, 5) is 25.2. The van der Waals surface area contributed by atoms with Gasteiger partial charge in [-0.3, -0.25) is 18.7 Å². The highest BCUT2D eigenvalue weighted by Crippen LogP contribution is 2.43. The summed E-state index contributed by atoms with van der Waals surface area (Å²) in [5, 5.41) is 16.2. The van der Waals surface area contributed by atoms with Crippen molar-refractivity contribution in [3.8, 4) is 23.1 Å². The van der Waals surface area contributed by atoms with Crippen molar-refractivity contribution in [1.29, 1.82) is 0 Å². The maximum atomic E-state index is 12.8. The van der Waals surface area contributed by atoms with Gasteiger partial charge in [-0.1, -0.05) is 0 Å². The number of aromatic hydroxyl groups is 1. The second-order valence-corrected chi connectivity index (χ2v) is 7.36. The van der Waals surface area contributed by atoms with E-state index < -0.39 is 11.6 Å². The van der Waals surface area contributed by atoms with E-state index in [2.05, 4.69) is 5.10 Å². The summed E-state index contributed by atoms with van der Waals surface area (Å²) in [7, 11) is 7.56. The molecule has 11 heteroatoms. The number of carbonyl (C=O) groups is 1. The Hall–Kier alpha value is -3.34. The van der Waals surface area contributed by atoms with Gasteiger partial charge in [-0.2, -0.15) is 5.10 Å². The van der Waals surface area contributed by atoms with Gasteiger partial charge in [0.15, 0.2) is 16.3 Å². The van der Waals surface area contributed by atoms with E-state index >= 15 is 0 Å². The number of nitrogens with zero attached hydrogens (tertiary/aromatic N) is 4. The van der Waals surface area contributed by atoms with Gasteiger partial charge in [0.1, 0.15) is 5.56 Å². The van der Waals surface area contributed by atoms with Crippen LogP contribution in [0.25, 0.3) is 0 Å². The highest BCUT2D eigenvalue weighted by molar-refractivity contribution is 7.71. The molecule has 0 saturated heterocycles. The molecule has 0 radical (unpaired) electrons. The molecule has 3 rings (SSSR count). The molecular formula is C20H24N4O6S. The molecule has 1 aliphatic rings. The summed E-state index contributed by atoms with van der Waals surface area (Å²) in [6, 6.07) is 2.91. The van der Waals surface area contributed by atoms with Crippen molar-refractivity contribution in [1.82, 2.24) is 14.1 Å². The fourth-order valence-electron chi connectivity index (χ4n) is 3.59. The molecule has 0 saturated carbocycles. The first-order valence-electron chi connectivity index (χ1n) is 9.32.